The van der Waals surface area contributed by atoms with Gasteiger partial charge in [-0.1, -0.05) is 0 Å². The van der Waals surface area contributed by atoms with Gasteiger partial charge in [0, 0.05) is 6.04 Å². The summed E-state index contributed by atoms with van der Waals surface area (Å²) in [7, 11) is 0. The second-order valence-electron chi connectivity index (χ2n) is 4.38. The monoisotopic (exact) mass is 180 g/mol. The topological polar surface area (TPSA) is 49.4 Å². The van der Waals surface area contributed by atoms with Crippen LogP contribution in [0.25, 0.3) is 0 Å². The molecule has 0 unspecified atom stereocenters. The maximum absolute atomic E-state index is 11.6. The van der Waals surface area contributed by atoms with Crippen LogP contribution in [0.1, 0.15) is 32.1 Å². The van der Waals surface area contributed by atoms with E-state index in [0.717, 1.165) is 25.7 Å². The van der Waals surface area contributed by atoms with E-state index in [1.165, 1.54) is 4.90 Å². The van der Waals surface area contributed by atoms with Crippen molar-refractivity contribution >= 4 is 11.9 Å². The molecule has 3 fully saturated rings. The largest absolute Gasteiger partial charge is 0.332 e. The lowest BCUT2D eigenvalue weighted by molar-refractivity contribution is -0.130. The lowest BCUT2D eigenvalue weighted by Gasteiger charge is -2.31. The van der Waals surface area contributed by atoms with E-state index in [-0.39, 0.29) is 23.5 Å². The van der Waals surface area contributed by atoms with Crippen molar-refractivity contribution in [1.82, 2.24) is 10.2 Å². The minimum absolute atomic E-state index is 0.0313. The SMILES string of the molecule is O=C1CC2(CC2)NC(=O)N1C1CC1. The number of hydrogen-bond donors (Lipinski definition) is 1. The molecule has 1 spiro atoms. The Bertz CT molecular complexity index is 272. The molecule has 3 aliphatic rings. The first-order valence-electron chi connectivity index (χ1n) is 4.84. The van der Waals surface area contributed by atoms with Gasteiger partial charge in [0.1, 0.15) is 0 Å². The molecule has 2 saturated carbocycles. The van der Waals surface area contributed by atoms with Crippen LogP contribution in [0, 0.1) is 0 Å². The van der Waals surface area contributed by atoms with Crippen molar-refractivity contribution in [3.63, 3.8) is 0 Å². The Labute approximate surface area is 76.3 Å². The molecule has 0 aromatic heterocycles. The summed E-state index contributed by atoms with van der Waals surface area (Å²) in [5.41, 5.74) is -0.125. The van der Waals surface area contributed by atoms with E-state index < -0.39 is 0 Å². The third kappa shape index (κ3) is 1.04. The van der Waals surface area contributed by atoms with Crippen LogP contribution in [0.5, 0.6) is 0 Å². The fourth-order valence-electron chi connectivity index (χ4n) is 1.97. The Morgan fingerprint density at radius 2 is 2.00 bits per heavy atom. The van der Waals surface area contributed by atoms with Gasteiger partial charge in [-0.15, -0.1) is 0 Å². The molecule has 0 aromatic carbocycles. The Morgan fingerprint density at radius 3 is 2.46 bits per heavy atom. The lowest BCUT2D eigenvalue weighted by Crippen LogP contribution is -2.56. The third-order valence-electron chi connectivity index (χ3n) is 3.11. The Kier molecular flexibility index (Phi) is 1.16. The van der Waals surface area contributed by atoms with Gasteiger partial charge in [-0.25, -0.2) is 4.79 Å². The van der Waals surface area contributed by atoms with Crippen LogP contribution in [0.3, 0.4) is 0 Å². The molecule has 4 nitrogen and oxygen atoms in total. The van der Waals surface area contributed by atoms with Crippen LogP contribution in [-0.4, -0.2) is 28.4 Å². The van der Waals surface area contributed by atoms with Gasteiger partial charge < -0.3 is 5.32 Å². The quantitative estimate of drug-likeness (QED) is 0.643. The molecule has 0 bridgehead atoms. The zero-order valence-electron chi connectivity index (χ0n) is 7.38. The van der Waals surface area contributed by atoms with Crippen molar-refractivity contribution in [3.05, 3.63) is 0 Å². The highest BCUT2D eigenvalue weighted by molar-refractivity contribution is 5.99. The maximum atomic E-state index is 11.6. The van der Waals surface area contributed by atoms with Crippen molar-refractivity contribution < 1.29 is 9.59 Å². The predicted octanol–water partition coefficient (Wildman–Crippen LogP) is 0.623. The fraction of sp³-hybridized carbons (Fsp3) is 0.778. The van der Waals surface area contributed by atoms with Crippen LogP contribution in [0.2, 0.25) is 0 Å². The molecular formula is C9H12N2O2. The Morgan fingerprint density at radius 1 is 1.31 bits per heavy atom. The maximum Gasteiger partial charge on any atom is 0.324 e. The summed E-state index contributed by atoms with van der Waals surface area (Å²) in [5.74, 6) is 0.0313. The molecule has 0 aromatic rings. The van der Waals surface area contributed by atoms with Gasteiger partial charge in [0.25, 0.3) is 0 Å². The summed E-state index contributed by atoms with van der Waals surface area (Å²) in [5, 5.41) is 2.93. The Hall–Kier alpha value is -1.06. The molecule has 1 heterocycles. The van der Waals surface area contributed by atoms with Crippen molar-refractivity contribution in [3.8, 4) is 0 Å². The molecule has 0 atom stereocenters. The second-order valence-corrected chi connectivity index (χ2v) is 4.38. The molecule has 1 aliphatic heterocycles. The average Bonchev–Trinajstić information content (AvgIpc) is 2.87. The zero-order valence-corrected chi connectivity index (χ0v) is 7.38. The molecular weight excluding hydrogens is 168 g/mol. The van der Waals surface area contributed by atoms with Gasteiger partial charge in [-0.2, -0.15) is 0 Å². The standard InChI is InChI=1S/C9H12N2O2/c12-7-5-9(3-4-9)10-8(13)11(7)6-1-2-6/h6H,1-5H2,(H,10,13). The summed E-state index contributed by atoms with van der Waals surface area (Å²) >= 11 is 0. The van der Waals surface area contributed by atoms with Gasteiger partial charge in [0.15, 0.2) is 0 Å². The number of carbonyl (C=O) groups excluding carboxylic acids is 2. The van der Waals surface area contributed by atoms with E-state index in [4.69, 9.17) is 0 Å². The molecule has 1 N–H and O–H groups in total. The average molecular weight is 180 g/mol. The summed E-state index contributed by atoms with van der Waals surface area (Å²) < 4.78 is 0. The molecule has 1 saturated heterocycles. The van der Waals surface area contributed by atoms with Crippen molar-refractivity contribution in [2.75, 3.05) is 0 Å². The number of hydrogen-bond acceptors (Lipinski definition) is 2. The first-order chi connectivity index (χ1) is 6.20. The number of nitrogens with one attached hydrogen (secondary N) is 1. The fourth-order valence-corrected chi connectivity index (χ4v) is 1.97. The third-order valence-corrected chi connectivity index (χ3v) is 3.11. The van der Waals surface area contributed by atoms with E-state index in [1.54, 1.807) is 0 Å². The second kappa shape index (κ2) is 2.05. The summed E-state index contributed by atoms with van der Waals surface area (Å²) in [6, 6.07) is 0.0554. The number of carbonyl (C=O) groups is 2. The highest BCUT2D eigenvalue weighted by Crippen LogP contribution is 2.43. The number of amides is 3. The number of imide groups is 1. The van der Waals surface area contributed by atoms with Crippen LogP contribution >= 0.6 is 0 Å². The Balaban J connectivity index is 1.82. The van der Waals surface area contributed by atoms with Crippen LogP contribution < -0.4 is 5.32 Å². The van der Waals surface area contributed by atoms with Crippen molar-refractivity contribution in [2.45, 2.75) is 43.7 Å². The summed E-state index contributed by atoms with van der Waals surface area (Å²) in [4.78, 5) is 24.6. The van der Waals surface area contributed by atoms with E-state index in [9.17, 15) is 9.59 Å². The lowest BCUT2D eigenvalue weighted by atomic mass is 10.1. The van der Waals surface area contributed by atoms with Crippen molar-refractivity contribution in [1.29, 1.82) is 0 Å². The van der Waals surface area contributed by atoms with Gasteiger partial charge in [-0.3, -0.25) is 9.69 Å². The minimum Gasteiger partial charge on any atom is -0.332 e. The predicted molar refractivity (Wildman–Crippen MR) is 45.0 cm³/mol. The molecule has 70 valence electrons. The highest BCUT2D eigenvalue weighted by Gasteiger charge is 2.53. The highest BCUT2D eigenvalue weighted by atomic mass is 16.2. The van der Waals surface area contributed by atoms with E-state index >= 15 is 0 Å². The zero-order chi connectivity index (χ0) is 9.05. The molecule has 2 aliphatic carbocycles. The van der Waals surface area contributed by atoms with Gasteiger partial charge in [0.05, 0.1) is 12.0 Å². The molecule has 13 heavy (non-hydrogen) atoms. The normalized spacial score (nSPS) is 30.6. The van der Waals surface area contributed by atoms with Gasteiger partial charge in [-0.05, 0) is 25.7 Å². The van der Waals surface area contributed by atoms with E-state index in [0.29, 0.717) is 6.42 Å². The van der Waals surface area contributed by atoms with Crippen LogP contribution in [0.15, 0.2) is 0 Å². The molecule has 0 radical (unpaired) electrons. The minimum atomic E-state index is -0.156. The van der Waals surface area contributed by atoms with E-state index in [2.05, 4.69) is 5.32 Å². The van der Waals surface area contributed by atoms with Gasteiger partial charge >= 0.3 is 6.03 Å². The number of rotatable bonds is 1. The van der Waals surface area contributed by atoms with Crippen LogP contribution in [0.4, 0.5) is 4.79 Å². The first-order valence-corrected chi connectivity index (χ1v) is 4.84. The molecule has 3 amide bonds. The van der Waals surface area contributed by atoms with Crippen LogP contribution in [-0.2, 0) is 4.79 Å². The first kappa shape index (κ1) is 7.35. The van der Waals surface area contributed by atoms with Crippen molar-refractivity contribution in [2.24, 2.45) is 0 Å². The number of nitrogens with zero attached hydrogens (tertiary/aromatic N) is 1. The van der Waals surface area contributed by atoms with E-state index in [1.807, 2.05) is 0 Å². The van der Waals surface area contributed by atoms with Gasteiger partial charge in [0.2, 0.25) is 5.91 Å². The summed E-state index contributed by atoms with van der Waals surface area (Å²) in [6.45, 7) is 0. The molecule has 3 rings (SSSR count). The summed E-state index contributed by atoms with van der Waals surface area (Å²) in [6.07, 6.45) is 4.46. The number of urea groups is 1. The smallest absolute Gasteiger partial charge is 0.324 e. The molecule has 4 heteroatoms.